The van der Waals surface area contributed by atoms with Crippen molar-refractivity contribution in [3.63, 3.8) is 0 Å². The summed E-state index contributed by atoms with van der Waals surface area (Å²) in [6.07, 6.45) is 1.80. The van der Waals surface area contributed by atoms with Crippen LogP contribution in [0.1, 0.15) is 6.42 Å². The van der Waals surface area contributed by atoms with Gasteiger partial charge in [-0.2, -0.15) is 5.10 Å². The Morgan fingerprint density at radius 1 is 1.21 bits per heavy atom. The van der Waals surface area contributed by atoms with E-state index in [-0.39, 0.29) is 18.2 Å². The number of ether oxygens (including phenoxy) is 1. The van der Waals surface area contributed by atoms with E-state index < -0.39 is 5.92 Å². The number of nitrogens with zero attached hydrogens (tertiary/aromatic N) is 2. The quantitative estimate of drug-likeness (QED) is 0.716. The van der Waals surface area contributed by atoms with Gasteiger partial charge in [0.25, 0.3) is 0 Å². The Bertz CT molecular complexity index is 1010. The maximum atomic E-state index is 12.6. The number of carbonyl (C=O) groups is 2. The van der Waals surface area contributed by atoms with Gasteiger partial charge in [0.1, 0.15) is 11.6 Å². The molecule has 1 aliphatic rings. The molecule has 0 radical (unpaired) electrons. The molecule has 0 aliphatic carbocycles. The number of para-hydroxylation sites is 2. The Balaban J connectivity index is 1.47. The fourth-order valence-electron chi connectivity index (χ4n) is 3.33. The number of anilines is 2. The number of nitrogens with one attached hydrogen (secondary N) is 2. The minimum absolute atomic E-state index is 0.0594. The molecule has 28 heavy (non-hydrogen) atoms. The molecule has 1 aromatic heterocycles. The predicted molar refractivity (Wildman–Crippen MR) is 106 cm³/mol. The summed E-state index contributed by atoms with van der Waals surface area (Å²) in [5.41, 5.74) is 2.43. The molecule has 2 aromatic carbocycles. The molecular formula is C21H20N4O3. The first-order valence-electron chi connectivity index (χ1n) is 9.00. The topological polar surface area (TPSA) is 85.2 Å². The number of hydrogen-bond donors (Lipinski definition) is 2. The van der Waals surface area contributed by atoms with Gasteiger partial charge in [0.2, 0.25) is 11.8 Å². The first kappa shape index (κ1) is 17.8. The number of amides is 2. The van der Waals surface area contributed by atoms with Gasteiger partial charge in [-0.25, -0.2) is 4.68 Å². The second-order valence-electron chi connectivity index (χ2n) is 6.59. The number of hydrogen-bond acceptors (Lipinski definition) is 4. The van der Waals surface area contributed by atoms with Gasteiger partial charge >= 0.3 is 0 Å². The van der Waals surface area contributed by atoms with E-state index in [1.54, 1.807) is 30.1 Å². The molecule has 3 aromatic rings. The zero-order valence-corrected chi connectivity index (χ0v) is 15.4. The fraction of sp³-hybridized carbons (Fsp3) is 0.190. The maximum absolute atomic E-state index is 12.6. The summed E-state index contributed by atoms with van der Waals surface area (Å²) >= 11 is 0. The van der Waals surface area contributed by atoms with E-state index in [2.05, 4.69) is 15.7 Å². The van der Waals surface area contributed by atoms with Crippen molar-refractivity contribution in [2.45, 2.75) is 13.0 Å². The van der Waals surface area contributed by atoms with Crippen LogP contribution in [0.25, 0.3) is 11.1 Å². The molecule has 2 amide bonds. The summed E-state index contributed by atoms with van der Waals surface area (Å²) in [7, 11) is 1.54. The summed E-state index contributed by atoms with van der Waals surface area (Å²) in [6.45, 7) is 0.355. The minimum Gasteiger partial charge on any atom is -0.495 e. The molecule has 0 spiro atoms. The van der Waals surface area contributed by atoms with Crippen LogP contribution in [-0.2, 0) is 16.1 Å². The monoisotopic (exact) mass is 376 g/mol. The summed E-state index contributed by atoms with van der Waals surface area (Å²) in [5.74, 6) is 0.318. The third-order valence-electron chi connectivity index (χ3n) is 4.74. The predicted octanol–water partition coefficient (Wildman–Crippen LogP) is 3.16. The lowest BCUT2D eigenvalue weighted by Crippen LogP contribution is -2.36. The van der Waals surface area contributed by atoms with Gasteiger partial charge in [0.15, 0.2) is 0 Å². The average molecular weight is 376 g/mol. The Morgan fingerprint density at radius 3 is 2.75 bits per heavy atom. The van der Waals surface area contributed by atoms with Gasteiger partial charge in [-0.3, -0.25) is 9.59 Å². The van der Waals surface area contributed by atoms with Crippen molar-refractivity contribution in [3.05, 3.63) is 60.8 Å². The lowest BCUT2D eigenvalue weighted by atomic mass is 10.0. The van der Waals surface area contributed by atoms with E-state index in [9.17, 15) is 9.59 Å². The molecule has 4 rings (SSSR count). The highest BCUT2D eigenvalue weighted by Gasteiger charge is 2.30. The van der Waals surface area contributed by atoms with E-state index in [1.165, 1.54) is 0 Å². The largest absolute Gasteiger partial charge is 0.495 e. The normalized spacial score (nSPS) is 15.5. The van der Waals surface area contributed by atoms with Crippen molar-refractivity contribution in [1.29, 1.82) is 0 Å². The molecule has 7 nitrogen and oxygen atoms in total. The molecule has 0 saturated carbocycles. The summed E-state index contributed by atoms with van der Waals surface area (Å²) in [6, 6.07) is 16.9. The third kappa shape index (κ3) is 3.46. The highest BCUT2D eigenvalue weighted by Crippen LogP contribution is 2.32. The number of fused-ring (bicyclic) bond motifs is 1. The van der Waals surface area contributed by atoms with E-state index in [0.717, 1.165) is 11.1 Å². The second-order valence-corrected chi connectivity index (χ2v) is 6.59. The Morgan fingerprint density at radius 2 is 1.96 bits per heavy atom. The Kier molecular flexibility index (Phi) is 4.80. The second kappa shape index (κ2) is 7.56. The molecule has 1 atom stereocenters. The molecule has 1 unspecified atom stereocenters. The lowest BCUT2D eigenvalue weighted by molar-refractivity contribution is -0.125. The maximum Gasteiger partial charge on any atom is 0.231 e. The molecule has 0 bridgehead atoms. The first-order chi connectivity index (χ1) is 13.7. The molecule has 2 N–H and O–H groups in total. The highest BCUT2D eigenvalue weighted by atomic mass is 16.5. The van der Waals surface area contributed by atoms with Gasteiger partial charge in [-0.05, 0) is 17.7 Å². The number of benzene rings is 2. The van der Waals surface area contributed by atoms with Gasteiger partial charge in [0, 0.05) is 12.0 Å². The summed E-state index contributed by atoms with van der Waals surface area (Å²) in [5, 5.41) is 10.1. The first-order valence-corrected chi connectivity index (χ1v) is 9.00. The van der Waals surface area contributed by atoms with Crippen LogP contribution in [0, 0.1) is 5.92 Å². The van der Waals surface area contributed by atoms with Crippen LogP contribution in [0.4, 0.5) is 11.5 Å². The van der Waals surface area contributed by atoms with Crippen LogP contribution >= 0.6 is 0 Å². The van der Waals surface area contributed by atoms with Crippen LogP contribution < -0.4 is 15.4 Å². The zero-order chi connectivity index (χ0) is 19.5. The molecule has 0 fully saturated rings. The third-order valence-corrected chi connectivity index (χ3v) is 4.74. The van der Waals surface area contributed by atoms with Gasteiger partial charge in [-0.15, -0.1) is 0 Å². The van der Waals surface area contributed by atoms with Crippen LogP contribution in [0.3, 0.4) is 0 Å². The van der Waals surface area contributed by atoms with Gasteiger partial charge in [0.05, 0.1) is 31.5 Å². The van der Waals surface area contributed by atoms with Crippen molar-refractivity contribution in [1.82, 2.24) is 9.78 Å². The minimum atomic E-state index is -0.495. The highest BCUT2D eigenvalue weighted by molar-refractivity contribution is 6.01. The van der Waals surface area contributed by atoms with E-state index >= 15 is 0 Å². The number of carbonyl (C=O) groups excluding carboxylic acids is 2. The number of aromatic nitrogens is 2. The van der Waals surface area contributed by atoms with E-state index in [4.69, 9.17) is 4.74 Å². The number of rotatable bonds is 5. The summed E-state index contributed by atoms with van der Waals surface area (Å²) < 4.78 is 6.98. The van der Waals surface area contributed by atoms with Crippen molar-refractivity contribution in [2.24, 2.45) is 5.92 Å². The van der Waals surface area contributed by atoms with Crippen LogP contribution in [0.5, 0.6) is 5.75 Å². The standard InChI is InChI=1S/C21H20N4O3/c1-28-18-10-6-5-9-17(18)23-19(26)11-15-13-25-20(24-21(15)27)16(12-22-25)14-7-3-2-4-8-14/h2-10,12,15H,11,13H2,1H3,(H,23,26)(H,24,27). The lowest BCUT2D eigenvalue weighted by Gasteiger charge is -2.24. The average Bonchev–Trinajstić information content (AvgIpc) is 3.12. The smallest absolute Gasteiger partial charge is 0.231 e. The van der Waals surface area contributed by atoms with Gasteiger partial charge in [-0.1, -0.05) is 42.5 Å². The van der Waals surface area contributed by atoms with Crippen LogP contribution in [0.15, 0.2) is 60.8 Å². The van der Waals surface area contributed by atoms with Crippen LogP contribution in [0.2, 0.25) is 0 Å². The molecule has 2 heterocycles. The summed E-state index contributed by atoms with van der Waals surface area (Å²) in [4.78, 5) is 25.0. The number of methoxy groups -OCH3 is 1. The van der Waals surface area contributed by atoms with Gasteiger partial charge < -0.3 is 15.4 Å². The SMILES string of the molecule is COc1ccccc1NC(=O)CC1Cn2ncc(-c3ccccc3)c2NC1=O. The van der Waals surface area contributed by atoms with Crippen molar-refractivity contribution >= 4 is 23.3 Å². The van der Waals surface area contributed by atoms with Crippen molar-refractivity contribution < 1.29 is 14.3 Å². The van der Waals surface area contributed by atoms with Crippen molar-refractivity contribution in [3.8, 4) is 16.9 Å². The molecule has 142 valence electrons. The Hall–Kier alpha value is -3.61. The van der Waals surface area contributed by atoms with Crippen molar-refractivity contribution in [2.75, 3.05) is 17.7 Å². The van der Waals surface area contributed by atoms with Crippen LogP contribution in [-0.4, -0.2) is 28.7 Å². The zero-order valence-electron chi connectivity index (χ0n) is 15.4. The van der Waals surface area contributed by atoms with E-state index in [1.807, 2.05) is 42.5 Å². The molecule has 0 saturated heterocycles. The van der Waals surface area contributed by atoms with E-state index in [0.29, 0.717) is 23.8 Å². The fourth-order valence-corrected chi connectivity index (χ4v) is 3.33. The molecule has 7 heteroatoms. The Labute approximate surface area is 162 Å². The molecular weight excluding hydrogens is 356 g/mol. The molecule has 1 aliphatic heterocycles.